The van der Waals surface area contributed by atoms with E-state index in [-0.39, 0.29) is 30.5 Å². The number of hydrogen-bond acceptors (Lipinski definition) is 9. The summed E-state index contributed by atoms with van der Waals surface area (Å²) in [5.41, 5.74) is 1.31. The van der Waals surface area contributed by atoms with E-state index in [0.717, 1.165) is 10.6 Å². The molecule has 3 aliphatic rings. The summed E-state index contributed by atoms with van der Waals surface area (Å²) in [4.78, 5) is 55.3. The number of carbonyl (C=O) groups is 4. The number of imide groups is 1. The minimum Gasteiger partial charge on any atom is -0.375 e. The Bertz CT molecular complexity index is 1360. The number of nitrogens with one attached hydrogen (secondary N) is 2. The topological polar surface area (TPSA) is 148 Å². The number of fused-ring (bicyclic) bond motifs is 1. The van der Waals surface area contributed by atoms with Gasteiger partial charge in [-0.3, -0.25) is 24.5 Å². The van der Waals surface area contributed by atoms with Gasteiger partial charge >= 0.3 is 0 Å². The van der Waals surface area contributed by atoms with Crippen LogP contribution in [0.5, 0.6) is 0 Å². The summed E-state index contributed by atoms with van der Waals surface area (Å²) in [6.07, 6.45) is 3.69. The third-order valence-corrected chi connectivity index (χ3v) is 7.37. The lowest BCUT2D eigenvalue weighted by Crippen LogP contribution is -2.59. The van der Waals surface area contributed by atoms with E-state index in [1.54, 1.807) is 24.4 Å². The molecule has 0 spiro atoms. The van der Waals surface area contributed by atoms with Crippen LogP contribution in [0.15, 0.2) is 36.0 Å². The van der Waals surface area contributed by atoms with Crippen molar-refractivity contribution in [1.82, 2.24) is 35.5 Å². The average Bonchev–Trinajstić information content (AvgIpc) is 3.57. The lowest BCUT2D eigenvalue weighted by Gasteiger charge is -2.39. The van der Waals surface area contributed by atoms with Crippen molar-refractivity contribution in [2.24, 2.45) is 0 Å². The highest BCUT2D eigenvalue weighted by atomic mass is 32.1. The van der Waals surface area contributed by atoms with Crippen LogP contribution in [0.3, 0.4) is 0 Å². The van der Waals surface area contributed by atoms with Crippen LogP contribution < -0.4 is 10.6 Å². The minimum absolute atomic E-state index is 0.134. The zero-order valence-electron chi connectivity index (χ0n) is 18.3. The third kappa shape index (κ3) is 3.59. The molecular formula is C22H19N7O5S. The van der Waals surface area contributed by atoms with Crippen LogP contribution in [-0.2, 0) is 26.4 Å². The first kappa shape index (κ1) is 21.6. The molecule has 0 bridgehead atoms. The smallest absolute Gasteiger partial charge is 0.274 e. The van der Waals surface area contributed by atoms with Crippen molar-refractivity contribution in [2.75, 3.05) is 13.2 Å². The van der Waals surface area contributed by atoms with Gasteiger partial charge in [-0.25, -0.2) is 9.67 Å². The standard InChI is InChI=1S/C22H19N7O5S/c30-17-4-3-16(19(32)24-17)28-8-12-7-13(1-2-14(12)20(28)33)29-9-15(26-27-29)18(31)25-22(10-34-11-22)21-23-5-6-35-21/h1-2,5-7,9,16H,3-4,8,10-11H2,(H,25,31)(H,24,30,32). The van der Waals surface area contributed by atoms with Gasteiger partial charge in [-0.2, -0.15) is 0 Å². The molecule has 1 aromatic carbocycles. The van der Waals surface area contributed by atoms with E-state index in [2.05, 4.69) is 25.9 Å². The molecule has 6 rings (SSSR count). The van der Waals surface area contributed by atoms with Crippen molar-refractivity contribution in [1.29, 1.82) is 0 Å². The number of carbonyl (C=O) groups excluding carboxylic acids is 4. The quantitative estimate of drug-likeness (QED) is 0.477. The Labute approximate surface area is 202 Å². The monoisotopic (exact) mass is 493 g/mol. The lowest BCUT2D eigenvalue weighted by atomic mass is 9.98. The molecule has 2 saturated heterocycles. The average molecular weight is 494 g/mol. The Balaban J connectivity index is 1.19. The van der Waals surface area contributed by atoms with E-state index in [1.165, 1.54) is 27.1 Å². The molecule has 0 aliphatic carbocycles. The maximum absolute atomic E-state index is 12.9. The fraction of sp³-hybridized carbons (Fsp3) is 0.318. The van der Waals surface area contributed by atoms with Crippen LogP contribution >= 0.6 is 11.3 Å². The van der Waals surface area contributed by atoms with Gasteiger partial charge in [0.15, 0.2) is 5.69 Å². The SMILES string of the molecule is O=C1CCC(N2Cc3cc(-n4cc(C(=O)NC5(c6nccs6)COC5)nn4)ccc3C2=O)C(=O)N1. The third-order valence-electron chi connectivity index (χ3n) is 6.39. The highest BCUT2D eigenvalue weighted by Gasteiger charge is 2.44. The fourth-order valence-corrected chi connectivity index (χ4v) is 5.26. The molecule has 0 radical (unpaired) electrons. The summed E-state index contributed by atoms with van der Waals surface area (Å²) >= 11 is 1.45. The summed E-state index contributed by atoms with van der Waals surface area (Å²) in [5.74, 6) is -1.43. The first-order chi connectivity index (χ1) is 16.9. The van der Waals surface area contributed by atoms with Crippen molar-refractivity contribution < 1.29 is 23.9 Å². The molecule has 2 N–H and O–H groups in total. The maximum atomic E-state index is 12.9. The minimum atomic E-state index is -0.682. The molecule has 35 heavy (non-hydrogen) atoms. The molecule has 5 heterocycles. The highest BCUT2D eigenvalue weighted by molar-refractivity contribution is 7.09. The van der Waals surface area contributed by atoms with Gasteiger partial charge in [-0.15, -0.1) is 16.4 Å². The highest BCUT2D eigenvalue weighted by Crippen LogP contribution is 2.32. The van der Waals surface area contributed by atoms with Gasteiger partial charge in [0.25, 0.3) is 11.8 Å². The Morgan fingerprint density at radius 2 is 2.11 bits per heavy atom. The van der Waals surface area contributed by atoms with Gasteiger partial charge in [0.05, 0.1) is 25.1 Å². The molecule has 0 saturated carbocycles. The molecule has 13 heteroatoms. The first-order valence-corrected chi connectivity index (χ1v) is 11.8. The summed E-state index contributed by atoms with van der Waals surface area (Å²) in [7, 11) is 0. The van der Waals surface area contributed by atoms with Crippen molar-refractivity contribution in [3.05, 3.63) is 57.8 Å². The van der Waals surface area contributed by atoms with E-state index >= 15 is 0 Å². The Kier molecular flexibility index (Phi) is 4.96. The normalized spacial score (nSPS) is 20.9. The summed E-state index contributed by atoms with van der Waals surface area (Å²) < 4.78 is 6.79. The van der Waals surface area contributed by atoms with Crippen LogP contribution in [-0.4, -0.2) is 67.8 Å². The number of piperidine rings is 1. The number of benzene rings is 1. The molecule has 1 unspecified atom stereocenters. The Hall–Kier alpha value is -3.97. The van der Waals surface area contributed by atoms with Crippen LogP contribution in [0.2, 0.25) is 0 Å². The molecule has 178 valence electrons. The number of thiazole rings is 1. The summed E-state index contributed by atoms with van der Waals surface area (Å²) in [6.45, 7) is 0.915. The van der Waals surface area contributed by atoms with Crippen LogP contribution in [0.1, 0.15) is 44.3 Å². The number of nitrogens with zero attached hydrogens (tertiary/aromatic N) is 5. The predicted molar refractivity (Wildman–Crippen MR) is 119 cm³/mol. The van der Waals surface area contributed by atoms with Gasteiger partial charge in [0.1, 0.15) is 16.6 Å². The van der Waals surface area contributed by atoms with Gasteiger partial charge in [0, 0.05) is 30.1 Å². The first-order valence-electron chi connectivity index (χ1n) is 10.9. The van der Waals surface area contributed by atoms with Crippen molar-refractivity contribution in [3.8, 4) is 5.69 Å². The zero-order valence-corrected chi connectivity index (χ0v) is 19.1. The fourth-order valence-electron chi connectivity index (χ4n) is 4.49. The maximum Gasteiger partial charge on any atom is 0.274 e. The van der Waals surface area contributed by atoms with Crippen molar-refractivity contribution in [3.63, 3.8) is 0 Å². The number of hydrogen-bond donors (Lipinski definition) is 2. The molecule has 3 aliphatic heterocycles. The van der Waals surface area contributed by atoms with Crippen molar-refractivity contribution in [2.45, 2.75) is 31.0 Å². The Morgan fingerprint density at radius 3 is 2.83 bits per heavy atom. The van der Waals surface area contributed by atoms with Gasteiger partial charge in [-0.1, -0.05) is 5.21 Å². The summed E-state index contributed by atoms with van der Waals surface area (Å²) in [6, 6.07) is 4.48. The van der Waals surface area contributed by atoms with Crippen molar-refractivity contribution >= 4 is 35.0 Å². The van der Waals surface area contributed by atoms with E-state index in [1.807, 2.05) is 5.38 Å². The number of amides is 4. The molecule has 4 amide bonds. The molecular weight excluding hydrogens is 474 g/mol. The Morgan fingerprint density at radius 1 is 1.26 bits per heavy atom. The van der Waals surface area contributed by atoms with Crippen LogP contribution in [0.25, 0.3) is 5.69 Å². The van der Waals surface area contributed by atoms with Gasteiger partial charge in [0.2, 0.25) is 11.8 Å². The zero-order chi connectivity index (χ0) is 24.2. The van der Waals surface area contributed by atoms with E-state index in [9.17, 15) is 19.2 Å². The van der Waals surface area contributed by atoms with E-state index in [0.29, 0.717) is 30.9 Å². The van der Waals surface area contributed by atoms with Gasteiger partial charge < -0.3 is 15.0 Å². The summed E-state index contributed by atoms with van der Waals surface area (Å²) in [5, 5.41) is 16.0. The van der Waals surface area contributed by atoms with E-state index in [4.69, 9.17) is 4.74 Å². The molecule has 12 nitrogen and oxygen atoms in total. The number of aromatic nitrogens is 4. The van der Waals surface area contributed by atoms with E-state index < -0.39 is 23.4 Å². The van der Waals surface area contributed by atoms with Crippen LogP contribution in [0, 0.1) is 0 Å². The molecule has 2 fully saturated rings. The van der Waals surface area contributed by atoms with Crippen LogP contribution in [0.4, 0.5) is 0 Å². The molecule has 2 aromatic heterocycles. The lowest BCUT2D eigenvalue weighted by molar-refractivity contribution is -0.136. The number of ether oxygens (including phenoxy) is 1. The largest absolute Gasteiger partial charge is 0.375 e. The number of rotatable bonds is 5. The predicted octanol–water partition coefficient (Wildman–Crippen LogP) is 0.140. The second-order valence-electron chi connectivity index (χ2n) is 8.66. The molecule has 3 aromatic rings. The second kappa shape index (κ2) is 8.06. The second-order valence-corrected chi connectivity index (χ2v) is 9.55. The molecule has 1 atom stereocenters. The van der Waals surface area contributed by atoms with Gasteiger partial charge in [-0.05, 0) is 30.2 Å².